The highest BCUT2D eigenvalue weighted by molar-refractivity contribution is 7.69. The predicted molar refractivity (Wildman–Crippen MR) is 116 cm³/mol. The fraction of sp³-hybridized carbons (Fsp3) is 0.381. The molecular weight excluding hydrogens is 444 g/mol. The molecule has 1 aliphatic heterocycles. The van der Waals surface area contributed by atoms with Crippen molar-refractivity contribution in [3.63, 3.8) is 0 Å². The number of ether oxygens (including phenoxy) is 2. The Bertz CT molecular complexity index is 1210. The molecule has 1 aromatic carbocycles. The van der Waals surface area contributed by atoms with Crippen molar-refractivity contribution < 1.29 is 27.2 Å². The van der Waals surface area contributed by atoms with Crippen molar-refractivity contribution in [2.75, 3.05) is 31.9 Å². The SMILES string of the molecule is CC[C@H]1Nc2nc(nc3cnc(P(C)(C)=O)cc23)OCCOc2c1cccc2C(F)(F)F. The van der Waals surface area contributed by atoms with E-state index in [2.05, 4.69) is 20.3 Å². The van der Waals surface area contributed by atoms with E-state index in [0.29, 0.717) is 34.1 Å². The number of hydrogen-bond acceptors (Lipinski definition) is 7. The molecule has 0 spiro atoms. The van der Waals surface area contributed by atoms with Crippen molar-refractivity contribution in [2.45, 2.75) is 25.6 Å². The first-order valence-electron chi connectivity index (χ1n) is 10.0. The number of para-hydroxylation sites is 1. The minimum Gasteiger partial charge on any atom is -0.489 e. The van der Waals surface area contributed by atoms with Crippen LogP contribution >= 0.6 is 7.14 Å². The van der Waals surface area contributed by atoms with Gasteiger partial charge in [-0.05, 0) is 31.9 Å². The third-order valence-electron chi connectivity index (χ3n) is 5.11. The maximum atomic E-state index is 13.7. The van der Waals surface area contributed by atoms with Gasteiger partial charge in [0.1, 0.15) is 37.4 Å². The van der Waals surface area contributed by atoms with E-state index in [0.717, 1.165) is 6.07 Å². The van der Waals surface area contributed by atoms with Gasteiger partial charge in [-0.2, -0.15) is 23.1 Å². The molecule has 2 bridgehead atoms. The minimum absolute atomic E-state index is 0.0436. The summed E-state index contributed by atoms with van der Waals surface area (Å²) in [5.74, 6) is 0.128. The highest BCUT2D eigenvalue weighted by atomic mass is 31.2. The summed E-state index contributed by atoms with van der Waals surface area (Å²) in [6.45, 7) is 4.91. The second-order valence-corrected chi connectivity index (χ2v) is 10.9. The van der Waals surface area contributed by atoms with Crippen LogP contribution in [0.25, 0.3) is 10.9 Å². The molecule has 11 heteroatoms. The van der Waals surface area contributed by atoms with E-state index >= 15 is 0 Å². The molecule has 1 N–H and O–H groups in total. The van der Waals surface area contributed by atoms with Crippen LogP contribution in [0.3, 0.4) is 0 Å². The number of pyridine rings is 1. The molecule has 170 valence electrons. The lowest BCUT2D eigenvalue weighted by atomic mass is 9.99. The van der Waals surface area contributed by atoms with Crippen LogP contribution in [0.2, 0.25) is 0 Å². The summed E-state index contributed by atoms with van der Waals surface area (Å²) in [5.41, 5.74) is 0.393. The summed E-state index contributed by atoms with van der Waals surface area (Å²) in [6.07, 6.45) is -2.62. The Labute approximate surface area is 182 Å². The normalized spacial score (nSPS) is 16.9. The molecule has 3 aromatic rings. The summed E-state index contributed by atoms with van der Waals surface area (Å²) in [6, 6.07) is 5.13. The highest BCUT2D eigenvalue weighted by Gasteiger charge is 2.36. The molecule has 3 heterocycles. The van der Waals surface area contributed by atoms with Crippen molar-refractivity contribution in [3.8, 4) is 11.8 Å². The lowest BCUT2D eigenvalue weighted by Gasteiger charge is -2.23. The van der Waals surface area contributed by atoms with Gasteiger partial charge >= 0.3 is 12.2 Å². The number of benzene rings is 1. The maximum Gasteiger partial charge on any atom is 0.419 e. The van der Waals surface area contributed by atoms with Gasteiger partial charge in [0, 0.05) is 10.9 Å². The van der Waals surface area contributed by atoms with Crippen LogP contribution < -0.4 is 20.2 Å². The Morgan fingerprint density at radius 1 is 1.19 bits per heavy atom. The first-order valence-corrected chi connectivity index (χ1v) is 12.6. The maximum absolute atomic E-state index is 13.7. The number of nitrogens with zero attached hydrogens (tertiary/aromatic N) is 3. The largest absolute Gasteiger partial charge is 0.489 e. The van der Waals surface area contributed by atoms with Crippen molar-refractivity contribution >= 4 is 29.3 Å². The third kappa shape index (κ3) is 4.37. The van der Waals surface area contributed by atoms with Gasteiger partial charge in [0.25, 0.3) is 0 Å². The molecule has 0 unspecified atom stereocenters. The molecule has 32 heavy (non-hydrogen) atoms. The van der Waals surface area contributed by atoms with Gasteiger partial charge in [-0.15, -0.1) is 0 Å². The number of fused-ring (bicyclic) bond motifs is 5. The lowest BCUT2D eigenvalue weighted by molar-refractivity contribution is -0.139. The Morgan fingerprint density at radius 2 is 1.94 bits per heavy atom. The Morgan fingerprint density at radius 3 is 2.62 bits per heavy atom. The van der Waals surface area contributed by atoms with Crippen LogP contribution in [0.15, 0.2) is 30.5 Å². The van der Waals surface area contributed by atoms with Gasteiger partial charge in [0.15, 0.2) is 0 Å². The number of anilines is 1. The van der Waals surface area contributed by atoms with E-state index in [1.807, 2.05) is 6.92 Å². The lowest BCUT2D eigenvalue weighted by Crippen LogP contribution is -2.17. The standard InChI is InChI=1S/C21H22F3N4O3P/c1-4-15-12-6-5-7-14(21(22,23)24)18(12)30-8-9-31-20-27-16-11-25-17(32(2,3)29)10-13(16)19(26-15)28-20/h5-7,10-11,15H,4,8-9H2,1-3H3,(H,26,27,28)/t15-/m1/s1. The summed E-state index contributed by atoms with van der Waals surface area (Å²) < 4.78 is 64.6. The summed E-state index contributed by atoms with van der Waals surface area (Å²) in [5, 5.41) is 3.78. The number of halogens is 3. The Hall–Kier alpha value is -2.87. The molecule has 4 rings (SSSR count). The van der Waals surface area contributed by atoms with E-state index in [4.69, 9.17) is 9.47 Å². The summed E-state index contributed by atoms with van der Waals surface area (Å²) >= 11 is 0. The summed E-state index contributed by atoms with van der Waals surface area (Å²) in [7, 11) is -2.66. The molecule has 7 nitrogen and oxygen atoms in total. The zero-order valence-corrected chi connectivity index (χ0v) is 18.6. The second kappa shape index (κ2) is 8.24. The van der Waals surface area contributed by atoms with E-state index in [1.165, 1.54) is 12.3 Å². The average Bonchev–Trinajstić information content (AvgIpc) is 2.75. The number of hydrogen-bond donors (Lipinski definition) is 1. The van der Waals surface area contributed by atoms with Crippen molar-refractivity contribution in [3.05, 3.63) is 41.6 Å². The van der Waals surface area contributed by atoms with Crippen LogP contribution in [-0.4, -0.2) is 41.5 Å². The molecule has 0 aliphatic carbocycles. The zero-order chi connectivity index (χ0) is 23.1. The van der Waals surface area contributed by atoms with Crippen LogP contribution in [0, 0.1) is 0 Å². The molecule has 2 aromatic heterocycles. The minimum atomic E-state index is -4.57. The molecule has 1 aliphatic rings. The van der Waals surface area contributed by atoms with Gasteiger partial charge in [0.05, 0.1) is 23.3 Å². The Kier molecular flexibility index (Phi) is 5.75. The topological polar surface area (TPSA) is 86.2 Å². The van der Waals surface area contributed by atoms with Gasteiger partial charge in [-0.1, -0.05) is 19.1 Å². The number of alkyl halides is 3. The molecule has 0 radical (unpaired) electrons. The van der Waals surface area contributed by atoms with Crippen LogP contribution in [0.1, 0.15) is 30.5 Å². The molecule has 1 atom stereocenters. The smallest absolute Gasteiger partial charge is 0.419 e. The monoisotopic (exact) mass is 466 g/mol. The van der Waals surface area contributed by atoms with Crippen LogP contribution in [0.5, 0.6) is 11.8 Å². The van der Waals surface area contributed by atoms with Crippen molar-refractivity contribution in [2.24, 2.45) is 0 Å². The Balaban J connectivity index is 1.90. The molecule has 0 saturated carbocycles. The van der Waals surface area contributed by atoms with E-state index in [-0.39, 0.29) is 25.0 Å². The van der Waals surface area contributed by atoms with Gasteiger partial charge in [-0.3, -0.25) is 4.98 Å². The molecule has 0 amide bonds. The second-order valence-electron chi connectivity index (χ2n) is 7.79. The molecule has 0 saturated heterocycles. The number of nitrogens with one attached hydrogen (secondary N) is 1. The highest BCUT2D eigenvalue weighted by Crippen LogP contribution is 2.42. The number of rotatable bonds is 2. The summed E-state index contributed by atoms with van der Waals surface area (Å²) in [4.78, 5) is 13.0. The van der Waals surface area contributed by atoms with Crippen molar-refractivity contribution in [1.82, 2.24) is 15.0 Å². The van der Waals surface area contributed by atoms with Crippen molar-refractivity contribution in [1.29, 1.82) is 0 Å². The fourth-order valence-electron chi connectivity index (χ4n) is 3.52. The first kappa shape index (κ1) is 22.3. The van der Waals surface area contributed by atoms with E-state index < -0.39 is 24.9 Å². The third-order valence-corrected chi connectivity index (χ3v) is 6.45. The van der Waals surface area contributed by atoms with Gasteiger partial charge < -0.3 is 19.4 Å². The van der Waals surface area contributed by atoms with E-state index in [1.54, 1.807) is 25.5 Å². The predicted octanol–water partition coefficient (Wildman–Crippen LogP) is 4.63. The molecule has 0 fully saturated rings. The van der Waals surface area contributed by atoms with Crippen LogP contribution in [-0.2, 0) is 10.7 Å². The zero-order valence-electron chi connectivity index (χ0n) is 17.7. The van der Waals surface area contributed by atoms with E-state index in [9.17, 15) is 17.7 Å². The fourth-order valence-corrected chi connectivity index (χ4v) is 4.30. The number of aromatic nitrogens is 3. The van der Waals surface area contributed by atoms with Crippen LogP contribution in [0.4, 0.5) is 19.0 Å². The average molecular weight is 466 g/mol. The quantitative estimate of drug-likeness (QED) is 0.552. The molecular formula is C21H22F3N4O3P. The van der Waals surface area contributed by atoms with Gasteiger partial charge in [-0.25, -0.2) is 0 Å². The van der Waals surface area contributed by atoms with Gasteiger partial charge in [0.2, 0.25) is 0 Å². The first-order chi connectivity index (χ1) is 15.1.